The lowest BCUT2D eigenvalue weighted by Crippen LogP contribution is -2.01. The second kappa shape index (κ2) is 6.37. The van der Waals surface area contributed by atoms with Gasteiger partial charge in [-0.15, -0.1) is 0 Å². The molecular weight excluding hydrogens is 310 g/mol. The fraction of sp³-hybridized carbons (Fsp3) is 0.125. The van der Waals surface area contributed by atoms with E-state index in [9.17, 15) is 10.1 Å². The Morgan fingerprint density at radius 1 is 1.25 bits per heavy atom. The summed E-state index contributed by atoms with van der Waals surface area (Å²) in [5, 5.41) is 21.2. The fourth-order valence-electron chi connectivity index (χ4n) is 2.12. The largest absolute Gasteiger partial charge is 0.433 e. The van der Waals surface area contributed by atoms with Gasteiger partial charge in [0.25, 0.3) is 0 Å². The maximum Gasteiger partial charge on any atom is 0.433 e. The van der Waals surface area contributed by atoms with E-state index in [4.69, 9.17) is 4.42 Å². The quantitative estimate of drug-likeness (QED) is 0.409. The highest BCUT2D eigenvalue weighted by molar-refractivity contribution is 5.87. The molecule has 0 fully saturated rings. The molecule has 8 heteroatoms. The van der Waals surface area contributed by atoms with Crippen LogP contribution in [0.5, 0.6) is 0 Å². The molecule has 3 rings (SSSR count). The number of hydrogen-bond acceptors (Lipinski definition) is 6. The molecule has 0 amide bonds. The lowest BCUT2D eigenvalue weighted by molar-refractivity contribution is -0.401. The number of aromatic nitrogens is 2. The number of nitrogens with zero attached hydrogens (tertiary/aromatic N) is 5. The molecule has 3 aromatic rings. The summed E-state index contributed by atoms with van der Waals surface area (Å²) in [6.07, 6.45) is 3.43. The van der Waals surface area contributed by atoms with E-state index in [2.05, 4.69) is 10.2 Å². The van der Waals surface area contributed by atoms with Crippen LogP contribution in [-0.2, 0) is 0 Å². The first-order valence-corrected chi connectivity index (χ1v) is 7.15. The molecule has 24 heavy (non-hydrogen) atoms. The van der Waals surface area contributed by atoms with Gasteiger partial charge in [0.2, 0.25) is 0 Å². The molecule has 0 saturated heterocycles. The van der Waals surface area contributed by atoms with Crippen molar-refractivity contribution in [1.29, 1.82) is 0 Å². The SMILES string of the molecule is CN(C)/N=C/c1cn(-c2ccccc2)nc1-c1ccc([N+](=O)[O-])o1. The highest BCUT2D eigenvalue weighted by Crippen LogP contribution is 2.27. The minimum absolute atomic E-state index is 0.316. The van der Waals surface area contributed by atoms with Crippen LogP contribution < -0.4 is 0 Å². The Bertz CT molecular complexity index is 880. The molecule has 0 N–H and O–H groups in total. The molecule has 1 aromatic carbocycles. The molecule has 122 valence electrons. The van der Waals surface area contributed by atoms with Crippen molar-refractivity contribution < 1.29 is 9.34 Å². The normalized spacial score (nSPS) is 11.1. The highest BCUT2D eigenvalue weighted by Gasteiger charge is 2.18. The average molecular weight is 325 g/mol. The van der Waals surface area contributed by atoms with E-state index in [1.54, 1.807) is 36.2 Å². The van der Waals surface area contributed by atoms with Gasteiger partial charge < -0.3 is 9.43 Å². The summed E-state index contributed by atoms with van der Waals surface area (Å²) in [6, 6.07) is 12.4. The smallest absolute Gasteiger partial charge is 0.399 e. The summed E-state index contributed by atoms with van der Waals surface area (Å²) in [4.78, 5) is 10.2. The Labute approximate surface area is 137 Å². The summed E-state index contributed by atoms with van der Waals surface area (Å²) < 4.78 is 6.96. The van der Waals surface area contributed by atoms with Gasteiger partial charge in [-0.05, 0) is 18.2 Å². The summed E-state index contributed by atoms with van der Waals surface area (Å²) in [6.45, 7) is 0. The van der Waals surface area contributed by atoms with Gasteiger partial charge >= 0.3 is 5.88 Å². The van der Waals surface area contributed by atoms with Crippen LogP contribution in [0.15, 0.2) is 58.2 Å². The van der Waals surface area contributed by atoms with Gasteiger partial charge in [-0.3, -0.25) is 10.1 Å². The van der Waals surface area contributed by atoms with Crippen LogP contribution in [0.25, 0.3) is 17.1 Å². The van der Waals surface area contributed by atoms with Crippen molar-refractivity contribution in [2.24, 2.45) is 5.10 Å². The highest BCUT2D eigenvalue weighted by atomic mass is 16.6. The third-order valence-electron chi connectivity index (χ3n) is 3.20. The van der Waals surface area contributed by atoms with Crippen molar-refractivity contribution in [3.8, 4) is 17.1 Å². The third-order valence-corrected chi connectivity index (χ3v) is 3.20. The van der Waals surface area contributed by atoms with Gasteiger partial charge in [0.1, 0.15) is 10.6 Å². The van der Waals surface area contributed by atoms with E-state index >= 15 is 0 Å². The number of benzene rings is 1. The molecule has 0 bridgehead atoms. The average Bonchev–Trinajstić information content (AvgIpc) is 3.20. The molecule has 2 heterocycles. The minimum Gasteiger partial charge on any atom is -0.399 e. The van der Waals surface area contributed by atoms with Gasteiger partial charge in [0, 0.05) is 25.9 Å². The fourth-order valence-corrected chi connectivity index (χ4v) is 2.12. The number of hydrazone groups is 1. The Balaban J connectivity index is 2.08. The number of nitro groups is 1. The Morgan fingerprint density at radius 2 is 2.00 bits per heavy atom. The first kappa shape index (κ1) is 15.5. The number of para-hydroxylation sites is 1. The zero-order chi connectivity index (χ0) is 17.1. The van der Waals surface area contributed by atoms with Crippen molar-refractivity contribution >= 4 is 12.1 Å². The van der Waals surface area contributed by atoms with E-state index < -0.39 is 4.92 Å². The molecule has 8 nitrogen and oxygen atoms in total. The van der Waals surface area contributed by atoms with Crippen LogP contribution >= 0.6 is 0 Å². The van der Waals surface area contributed by atoms with Gasteiger partial charge in [0.15, 0.2) is 5.76 Å². The van der Waals surface area contributed by atoms with Crippen molar-refractivity contribution in [2.45, 2.75) is 0 Å². The van der Waals surface area contributed by atoms with E-state index in [0.29, 0.717) is 17.0 Å². The van der Waals surface area contributed by atoms with Crippen molar-refractivity contribution in [1.82, 2.24) is 14.8 Å². The van der Waals surface area contributed by atoms with Gasteiger partial charge in [0.05, 0.1) is 18.0 Å². The molecular formula is C16H15N5O3. The Hall–Kier alpha value is -3.42. The zero-order valence-corrected chi connectivity index (χ0v) is 13.2. The second-order valence-electron chi connectivity index (χ2n) is 5.20. The molecule has 0 spiro atoms. The Morgan fingerprint density at radius 3 is 2.62 bits per heavy atom. The van der Waals surface area contributed by atoms with Gasteiger partial charge in [-0.1, -0.05) is 18.2 Å². The molecule has 0 radical (unpaired) electrons. The van der Waals surface area contributed by atoms with E-state index in [0.717, 1.165) is 5.69 Å². The number of furan rings is 1. The van der Waals surface area contributed by atoms with Crippen molar-refractivity contribution in [3.05, 3.63) is 64.3 Å². The summed E-state index contributed by atoms with van der Waals surface area (Å²) in [7, 11) is 3.60. The van der Waals surface area contributed by atoms with Crippen molar-refractivity contribution in [3.63, 3.8) is 0 Å². The zero-order valence-electron chi connectivity index (χ0n) is 13.2. The maximum absolute atomic E-state index is 10.8. The molecule has 0 aliphatic heterocycles. The first-order valence-electron chi connectivity index (χ1n) is 7.15. The standard InChI is InChI=1S/C16H15N5O3/c1-19(2)17-10-12-11-20(13-6-4-3-5-7-13)18-16(12)14-8-9-15(24-14)21(22)23/h3-11H,1-2H3/b17-10+. The van der Waals surface area contributed by atoms with E-state index in [1.807, 2.05) is 30.3 Å². The predicted octanol–water partition coefficient (Wildman–Crippen LogP) is 2.94. The number of rotatable bonds is 5. The Kier molecular flexibility index (Phi) is 4.11. The lowest BCUT2D eigenvalue weighted by Gasteiger charge is -2.01. The maximum atomic E-state index is 10.8. The van der Waals surface area contributed by atoms with Crippen LogP contribution in [0.2, 0.25) is 0 Å². The van der Waals surface area contributed by atoms with E-state index in [-0.39, 0.29) is 5.88 Å². The summed E-state index contributed by atoms with van der Waals surface area (Å²) in [5.74, 6) is -0.00801. The van der Waals surface area contributed by atoms with Gasteiger partial charge in [-0.2, -0.15) is 10.2 Å². The molecule has 0 atom stereocenters. The topological polar surface area (TPSA) is 89.7 Å². The van der Waals surface area contributed by atoms with Gasteiger partial charge in [-0.25, -0.2) is 4.68 Å². The summed E-state index contributed by atoms with van der Waals surface area (Å²) in [5.41, 5.74) is 2.04. The van der Waals surface area contributed by atoms with Crippen molar-refractivity contribution in [2.75, 3.05) is 14.1 Å². The van der Waals surface area contributed by atoms with Crippen LogP contribution in [0.3, 0.4) is 0 Å². The molecule has 0 unspecified atom stereocenters. The second-order valence-corrected chi connectivity index (χ2v) is 5.20. The van der Waals surface area contributed by atoms with Crippen LogP contribution in [0.1, 0.15) is 5.56 Å². The van der Waals surface area contributed by atoms with E-state index in [1.165, 1.54) is 12.1 Å². The van der Waals surface area contributed by atoms with Crippen LogP contribution in [-0.4, -0.2) is 40.0 Å². The lowest BCUT2D eigenvalue weighted by atomic mass is 10.2. The van der Waals surface area contributed by atoms with Crippen LogP contribution in [0, 0.1) is 10.1 Å². The summed E-state index contributed by atoms with van der Waals surface area (Å²) >= 11 is 0. The predicted molar refractivity (Wildman–Crippen MR) is 89.2 cm³/mol. The molecule has 2 aromatic heterocycles. The van der Waals surface area contributed by atoms with Crippen LogP contribution in [0.4, 0.5) is 5.88 Å². The minimum atomic E-state index is -0.578. The first-order chi connectivity index (χ1) is 11.5. The monoisotopic (exact) mass is 325 g/mol. The third kappa shape index (κ3) is 3.17. The molecule has 0 saturated carbocycles. The number of hydrogen-bond donors (Lipinski definition) is 0. The molecule has 0 aliphatic carbocycles. The molecule has 0 aliphatic rings.